The fourth-order valence-corrected chi connectivity index (χ4v) is 2.31. The molecule has 4 heteroatoms. The summed E-state index contributed by atoms with van der Waals surface area (Å²) in [5, 5.41) is 10.1. The minimum Gasteiger partial charge on any atom is -0.493 e. The summed E-state index contributed by atoms with van der Waals surface area (Å²) < 4.78 is 12.6. The third kappa shape index (κ3) is 3.58. The molecular formula is C17H23NO3. The molecule has 4 nitrogen and oxygen atoms in total. The van der Waals surface area contributed by atoms with Gasteiger partial charge in [-0.2, -0.15) is 0 Å². The second-order valence-corrected chi connectivity index (χ2v) is 5.50. The molecule has 0 spiro atoms. The van der Waals surface area contributed by atoms with Gasteiger partial charge in [0.15, 0.2) is 11.5 Å². The van der Waals surface area contributed by atoms with Gasteiger partial charge < -0.3 is 19.1 Å². The summed E-state index contributed by atoms with van der Waals surface area (Å²) in [5.41, 5.74) is 2.07. The first-order valence-electron chi connectivity index (χ1n) is 7.09. The Balaban J connectivity index is 2.15. The maximum absolute atomic E-state index is 10.1. The van der Waals surface area contributed by atoms with Gasteiger partial charge in [0.05, 0.1) is 20.3 Å². The third-order valence-corrected chi connectivity index (χ3v) is 3.56. The number of aliphatic hydroxyl groups excluding tert-OH is 1. The van der Waals surface area contributed by atoms with Gasteiger partial charge in [0.1, 0.15) is 0 Å². The molecule has 0 radical (unpaired) electrons. The maximum atomic E-state index is 10.1. The molecule has 0 bridgehead atoms. The zero-order valence-corrected chi connectivity index (χ0v) is 13.0. The zero-order valence-electron chi connectivity index (χ0n) is 13.0. The van der Waals surface area contributed by atoms with Crippen molar-refractivity contribution in [1.29, 1.82) is 0 Å². The molecule has 0 amide bonds. The fraction of sp³-hybridized carbons (Fsp3) is 0.412. The van der Waals surface area contributed by atoms with Gasteiger partial charge in [0.2, 0.25) is 0 Å². The highest BCUT2D eigenvalue weighted by Gasteiger charge is 2.13. The monoisotopic (exact) mass is 289 g/mol. The van der Waals surface area contributed by atoms with E-state index in [4.69, 9.17) is 9.47 Å². The van der Waals surface area contributed by atoms with Crippen LogP contribution >= 0.6 is 0 Å². The lowest BCUT2D eigenvalue weighted by molar-refractivity contribution is 0.127. The smallest absolute Gasteiger partial charge is 0.161 e. The Bertz CT molecular complexity index is 589. The third-order valence-electron chi connectivity index (χ3n) is 3.56. The Kier molecular flexibility index (Phi) is 4.91. The van der Waals surface area contributed by atoms with Gasteiger partial charge in [0.25, 0.3) is 0 Å². The highest BCUT2D eigenvalue weighted by molar-refractivity contribution is 5.43. The number of rotatable bonds is 6. The Morgan fingerprint density at radius 3 is 2.43 bits per heavy atom. The first kappa shape index (κ1) is 15.4. The standard InChI is InChI=1S/C17H23NO3/c1-12(2)17(19)14-7-8-18(11-14)10-13-5-6-15(20-3)16(9-13)21-4/h5-9,11-12,17,19H,10H2,1-4H3. The molecule has 0 saturated heterocycles. The molecule has 0 aliphatic carbocycles. The average molecular weight is 289 g/mol. The predicted octanol–water partition coefficient (Wildman–Crippen LogP) is 3.24. The number of aliphatic hydroxyl groups is 1. The van der Waals surface area contributed by atoms with Crippen molar-refractivity contribution in [3.05, 3.63) is 47.8 Å². The van der Waals surface area contributed by atoms with Crippen LogP contribution in [0.25, 0.3) is 0 Å². The Morgan fingerprint density at radius 2 is 1.81 bits per heavy atom. The van der Waals surface area contributed by atoms with Crippen LogP contribution < -0.4 is 9.47 Å². The van der Waals surface area contributed by atoms with E-state index in [1.807, 2.05) is 50.5 Å². The van der Waals surface area contributed by atoms with Gasteiger partial charge in [0, 0.05) is 18.9 Å². The van der Waals surface area contributed by atoms with E-state index in [0.717, 1.165) is 29.2 Å². The highest BCUT2D eigenvalue weighted by Crippen LogP contribution is 2.28. The van der Waals surface area contributed by atoms with Crippen molar-refractivity contribution < 1.29 is 14.6 Å². The number of aromatic nitrogens is 1. The van der Waals surface area contributed by atoms with Crippen LogP contribution in [0, 0.1) is 5.92 Å². The van der Waals surface area contributed by atoms with E-state index in [-0.39, 0.29) is 5.92 Å². The Morgan fingerprint density at radius 1 is 1.10 bits per heavy atom. The number of nitrogens with zero attached hydrogens (tertiary/aromatic N) is 1. The minimum atomic E-state index is -0.420. The molecule has 1 heterocycles. The molecule has 1 atom stereocenters. The van der Waals surface area contributed by atoms with E-state index in [0.29, 0.717) is 0 Å². The van der Waals surface area contributed by atoms with Crippen LogP contribution in [0.1, 0.15) is 31.1 Å². The molecule has 0 aliphatic rings. The lowest BCUT2D eigenvalue weighted by Crippen LogP contribution is -2.04. The van der Waals surface area contributed by atoms with Crippen molar-refractivity contribution in [2.45, 2.75) is 26.5 Å². The van der Waals surface area contributed by atoms with Crippen LogP contribution in [0.2, 0.25) is 0 Å². The molecular weight excluding hydrogens is 266 g/mol. The van der Waals surface area contributed by atoms with Gasteiger partial charge in [-0.3, -0.25) is 0 Å². The highest BCUT2D eigenvalue weighted by atomic mass is 16.5. The molecule has 2 rings (SSSR count). The molecule has 1 N–H and O–H groups in total. The summed E-state index contributed by atoms with van der Waals surface area (Å²) in [6.45, 7) is 4.75. The van der Waals surface area contributed by atoms with Crippen molar-refractivity contribution in [2.75, 3.05) is 14.2 Å². The summed E-state index contributed by atoms with van der Waals surface area (Å²) >= 11 is 0. The van der Waals surface area contributed by atoms with Crippen molar-refractivity contribution in [3.8, 4) is 11.5 Å². The summed E-state index contributed by atoms with van der Waals surface area (Å²) in [6.07, 6.45) is 3.55. The van der Waals surface area contributed by atoms with E-state index in [2.05, 4.69) is 4.57 Å². The quantitative estimate of drug-likeness (QED) is 0.888. The number of methoxy groups -OCH3 is 2. The second kappa shape index (κ2) is 6.68. The topological polar surface area (TPSA) is 43.6 Å². The first-order chi connectivity index (χ1) is 10.0. The van der Waals surface area contributed by atoms with E-state index in [9.17, 15) is 5.11 Å². The molecule has 1 aromatic heterocycles. The van der Waals surface area contributed by atoms with Crippen molar-refractivity contribution in [1.82, 2.24) is 4.57 Å². The second-order valence-electron chi connectivity index (χ2n) is 5.50. The normalized spacial score (nSPS) is 12.5. The van der Waals surface area contributed by atoms with Crippen molar-refractivity contribution in [2.24, 2.45) is 5.92 Å². The van der Waals surface area contributed by atoms with E-state index < -0.39 is 6.10 Å². The van der Waals surface area contributed by atoms with Crippen LogP contribution in [0.15, 0.2) is 36.7 Å². The van der Waals surface area contributed by atoms with E-state index in [1.54, 1.807) is 14.2 Å². The molecule has 114 valence electrons. The number of hydrogen-bond donors (Lipinski definition) is 1. The molecule has 1 aromatic carbocycles. The van der Waals surface area contributed by atoms with E-state index in [1.165, 1.54) is 0 Å². The van der Waals surface area contributed by atoms with E-state index >= 15 is 0 Å². The largest absolute Gasteiger partial charge is 0.493 e. The summed E-state index contributed by atoms with van der Waals surface area (Å²) in [5.74, 6) is 1.66. The summed E-state index contributed by atoms with van der Waals surface area (Å²) in [6, 6.07) is 7.85. The van der Waals surface area contributed by atoms with Crippen LogP contribution in [0.4, 0.5) is 0 Å². The minimum absolute atomic E-state index is 0.210. The number of hydrogen-bond acceptors (Lipinski definition) is 3. The number of ether oxygens (including phenoxy) is 2. The van der Waals surface area contributed by atoms with Crippen molar-refractivity contribution >= 4 is 0 Å². The molecule has 21 heavy (non-hydrogen) atoms. The molecule has 1 unspecified atom stereocenters. The molecule has 0 fully saturated rings. The summed E-state index contributed by atoms with van der Waals surface area (Å²) in [4.78, 5) is 0. The van der Waals surface area contributed by atoms with Crippen LogP contribution in [0.5, 0.6) is 11.5 Å². The van der Waals surface area contributed by atoms with Crippen LogP contribution in [-0.4, -0.2) is 23.9 Å². The molecule has 0 aliphatic heterocycles. The average Bonchev–Trinajstić information content (AvgIpc) is 2.94. The van der Waals surface area contributed by atoms with Gasteiger partial charge in [-0.15, -0.1) is 0 Å². The van der Waals surface area contributed by atoms with Crippen LogP contribution in [-0.2, 0) is 6.54 Å². The molecule has 2 aromatic rings. The van der Waals surface area contributed by atoms with Gasteiger partial charge in [-0.05, 0) is 35.2 Å². The predicted molar refractivity (Wildman–Crippen MR) is 82.9 cm³/mol. The van der Waals surface area contributed by atoms with Gasteiger partial charge in [-0.1, -0.05) is 19.9 Å². The fourth-order valence-electron chi connectivity index (χ4n) is 2.31. The summed E-state index contributed by atoms with van der Waals surface area (Å²) in [7, 11) is 3.26. The zero-order chi connectivity index (χ0) is 15.4. The lowest BCUT2D eigenvalue weighted by Gasteiger charge is -2.12. The SMILES string of the molecule is COc1ccc(Cn2ccc(C(O)C(C)C)c2)cc1OC. The van der Waals surface area contributed by atoms with Gasteiger partial charge >= 0.3 is 0 Å². The first-order valence-corrected chi connectivity index (χ1v) is 7.09. The Labute approximate surface area is 125 Å². The Hall–Kier alpha value is -1.94. The number of benzene rings is 1. The molecule has 0 saturated carbocycles. The lowest BCUT2D eigenvalue weighted by atomic mass is 10.0. The van der Waals surface area contributed by atoms with Gasteiger partial charge in [-0.25, -0.2) is 0 Å². The van der Waals surface area contributed by atoms with Crippen LogP contribution in [0.3, 0.4) is 0 Å². The maximum Gasteiger partial charge on any atom is 0.161 e. The van der Waals surface area contributed by atoms with Crippen molar-refractivity contribution in [3.63, 3.8) is 0 Å².